The Hall–Kier alpha value is -0.380. The standard InChI is InChI=1S/C9H20NO4P/c1-7(2)5-6-15(13,14)8(10)3-4-9(11)12/h7-8H,3-6,10H2,1-2H3,(H,11,12)(H,13,14). The molecule has 0 radical (unpaired) electrons. The Labute approximate surface area is 90.1 Å². The molecule has 0 saturated carbocycles. The minimum Gasteiger partial charge on any atom is -0.481 e. The van der Waals surface area contributed by atoms with Crippen molar-refractivity contribution >= 4 is 13.3 Å². The van der Waals surface area contributed by atoms with Gasteiger partial charge in [0.05, 0.1) is 5.78 Å². The van der Waals surface area contributed by atoms with Gasteiger partial charge < -0.3 is 15.7 Å². The molecule has 0 saturated heterocycles. The van der Waals surface area contributed by atoms with Crippen LogP contribution in [0.3, 0.4) is 0 Å². The Morgan fingerprint density at radius 3 is 2.33 bits per heavy atom. The third kappa shape index (κ3) is 6.66. The summed E-state index contributed by atoms with van der Waals surface area (Å²) in [6.07, 6.45) is 0.703. The van der Waals surface area contributed by atoms with Gasteiger partial charge in [0.15, 0.2) is 0 Å². The summed E-state index contributed by atoms with van der Waals surface area (Å²) >= 11 is 0. The molecular formula is C9H20NO4P. The smallest absolute Gasteiger partial charge is 0.303 e. The lowest BCUT2D eigenvalue weighted by Gasteiger charge is -2.19. The van der Waals surface area contributed by atoms with Gasteiger partial charge in [-0.15, -0.1) is 0 Å². The van der Waals surface area contributed by atoms with Gasteiger partial charge in [-0.05, 0) is 18.8 Å². The van der Waals surface area contributed by atoms with E-state index in [0.717, 1.165) is 0 Å². The Bertz CT molecular complexity index is 254. The van der Waals surface area contributed by atoms with E-state index in [1.54, 1.807) is 0 Å². The maximum Gasteiger partial charge on any atom is 0.303 e. The summed E-state index contributed by atoms with van der Waals surface area (Å²) < 4.78 is 11.7. The number of carboxylic acids is 1. The van der Waals surface area contributed by atoms with Crippen LogP contribution in [-0.4, -0.2) is 27.9 Å². The van der Waals surface area contributed by atoms with Gasteiger partial charge in [-0.3, -0.25) is 9.36 Å². The molecule has 2 atom stereocenters. The predicted molar refractivity (Wildman–Crippen MR) is 59.0 cm³/mol. The second kappa shape index (κ2) is 6.26. The molecule has 0 amide bonds. The van der Waals surface area contributed by atoms with Crippen LogP contribution >= 0.6 is 7.37 Å². The summed E-state index contributed by atoms with van der Waals surface area (Å²) in [5, 5.41) is 8.42. The zero-order valence-corrected chi connectivity index (χ0v) is 10.1. The van der Waals surface area contributed by atoms with Gasteiger partial charge in [0.1, 0.15) is 0 Å². The minimum absolute atomic E-state index is 0.0568. The number of carboxylic acid groups (broad SMARTS) is 1. The largest absolute Gasteiger partial charge is 0.481 e. The fourth-order valence-electron chi connectivity index (χ4n) is 1.08. The highest BCUT2D eigenvalue weighted by Crippen LogP contribution is 2.46. The number of carbonyl (C=O) groups is 1. The molecule has 15 heavy (non-hydrogen) atoms. The van der Waals surface area contributed by atoms with Crippen LogP contribution < -0.4 is 5.73 Å². The van der Waals surface area contributed by atoms with Crippen LogP contribution in [0.4, 0.5) is 0 Å². The number of rotatable bonds is 7. The molecule has 90 valence electrons. The van der Waals surface area contributed by atoms with Crippen LogP contribution in [0, 0.1) is 5.92 Å². The number of aliphatic carboxylic acids is 1. The number of hydrogen-bond acceptors (Lipinski definition) is 3. The fraction of sp³-hybridized carbons (Fsp3) is 0.889. The van der Waals surface area contributed by atoms with Crippen molar-refractivity contribution in [2.45, 2.75) is 38.9 Å². The first-order chi connectivity index (χ1) is 6.75. The van der Waals surface area contributed by atoms with Gasteiger partial charge in [0.2, 0.25) is 7.37 Å². The molecule has 0 spiro atoms. The van der Waals surface area contributed by atoms with Gasteiger partial charge in [-0.25, -0.2) is 0 Å². The van der Waals surface area contributed by atoms with E-state index in [1.165, 1.54) is 0 Å². The van der Waals surface area contributed by atoms with E-state index < -0.39 is 19.1 Å². The van der Waals surface area contributed by atoms with Gasteiger partial charge in [-0.2, -0.15) is 0 Å². The maximum absolute atomic E-state index is 11.7. The molecule has 0 aromatic rings. The van der Waals surface area contributed by atoms with Crippen molar-refractivity contribution in [1.82, 2.24) is 0 Å². The van der Waals surface area contributed by atoms with Crippen molar-refractivity contribution < 1.29 is 19.4 Å². The quantitative estimate of drug-likeness (QED) is 0.582. The summed E-state index contributed by atoms with van der Waals surface area (Å²) in [5.74, 6) is -1.56. The number of hydrogen-bond donors (Lipinski definition) is 3. The number of nitrogens with two attached hydrogens (primary N) is 1. The molecule has 0 aliphatic carbocycles. The molecule has 0 aliphatic heterocycles. The van der Waals surface area contributed by atoms with Crippen molar-refractivity contribution in [3.63, 3.8) is 0 Å². The molecule has 0 aromatic carbocycles. The second-order valence-electron chi connectivity index (χ2n) is 4.16. The highest BCUT2D eigenvalue weighted by atomic mass is 31.2. The van der Waals surface area contributed by atoms with E-state index in [2.05, 4.69) is 0 Å². The normalized spacial score (nSPS) is 17.4. The van der Waals surface area contributed by atoms with Crippen LogP contribution in [-0.2, 0) is 9.36 Å². The lowest BCUT2D eigenvalue weighted by molar-refractivity contribution is -0.137. The zero-order valence-electron chi connectivity index (χ0n) is 9.22. The molecule has 0 bridgehead atoms. The van der Waals surface area contributed by atoms with Gasteiger partial charge >= 0.3 is 5.97 Å². The summed E-state index contributed by atoms with van der Waals surface area (Å²) in [5.41, 5.74) is 5.51. The highest BCUT2D eigenvalue weighted by molar-refractivity contribution is 7.58. The Morgan fingerprint density at radius 2 is 1.93 bits per heavy atom. The van der Waals surface area contributed by atoms with Crippen molar-refractivity contribution in [1.29, 1.82) is 0 Å². The van der Waals surface area contributed by atoms with E-state index in [9.17, 15) is 14.3 Å². The molecule has 0 fully saturated rings. The molecule has 4 N–H and O–H groups in total. The Balaban J connectivity index is 4.07. The van der Waals surface area contributed by atoms with Crippen LogP contribution in [0.25, 0.3) is 0 Å². The van der Waals surface area contributed by atoms with Crippen LogP contribution in [0.5, 0.6) is 0 Å². The average Bonchev–Trinajstić information content (AvgIpc) is 2.11. The van der Waals surface area contributed by atoms with Crippen molar-refractivity contribution in [3.8, 4) is 0 Å². The summed E-state index contributed by atoms with van der Waals surface area (Å²) in [7, 11) is -3.38. The van der Waals surface area contributed by atoms with E-state index in [4.69, 9.17) is 10.8 Å². The highest BCUT2D eigenvalue weighted by Gasteiger charge is 2.27. The van der Waals surface area contributed by atoms with Gasteiger partial charge in [0, 0.05) is 12.6 Å². The third-order valence-electron chi connectivity index (χ3n) is 2.20. The van der Waals surface area contributed by atoms with E-state index in [0.29, 0.717) is 12.3 Å². The Kier molecular flexibility index (Phi) is 6.10. The summed E-state index contributed by atoms with van der Waals surface area (Å²) in [6, 6.07) is 0. The van der Waals surface area contributed by atoms with Crippen LogP contribution in [0.1, 0.15) is 33.1 Å². The van der Waals surface area contributed by atoms with E-state index in [-0.39, 0.29) is 19.0 Å². The SMILES string of the molecule is CC(C)CCP(=O)(O)C(N)CCC(=O)O. The molecule has 0 heterocycles. The molecule has 0 aromatic heterocycles. The minimum atomic E-state index is -3.38. The molecule has 2 unspecified atom stereocenters. The Morgan fingerprint density at radius 1 is 1.40 bits per heavy atom. The summed E-state index contributed by atoms with van der Waals surface area (Å²) in [4.78, 5) is 19.9. The second-order valence-corrected chi connectivity index (χ2v) is 6.78. The third-order valence-corrected chi connectivity index (χ3v) is 4.39. The van der Waals surface area contributed by atoms with Crippen molar-refractivity contribution in [3.05, 3.63) is 0 Å². The first-order valence-electron chi connectivity index (χ1n) is 5.04. The van der Waals surface area contributed by atoms with Crippen molar-refractivity contribution in [2.24, 2.45) is 11.7 Å². The monoisotopic (exact) mass is 237 g/mol. The first-order valence-corrected chi connectivity index (χ1v) is 6.96. The van der Waals surface area contributed by atoms with E-state index in [1.807, 2.05) is 13.8 Å². The molecule has 5 nitrogen and oxygen atoms in total. The lowest BCUT2D eigenvalue weighted by Crippen LogP contribution is -2.23. The van der Waals surface area contributed by atoms with Gasteiger partial charge in [0.25, 0.3) is 0 Å². The topological polar surface area (TPSA) is 101 Å². The van der Waals surface area contributed by atoms with Crippen LogP contribution in [0.15, 0.2) is 0 Å². The molecule has 6 heteroatoms. The fourth-order valence-corrected chi connectivity index (χ4v) is 2.83. The maximum atomic E-state index is 11.7. The van der Waals surface area contributed by atoms with Crippen LogP contribution in [0.2, 0.25) is 0 Å². The van der Waals surface area contributed by atoms with E-state index >= 15 is 0 Å². The van der Waals surface area contributed by atoms with Gasteiger partial charge in [-0.1, -0.05) is 13.8 Å². The average molecular weight is 237 g/mol. The molecule has 0 rings (SSSR count). The summed E-state index contributed by atoms with van der Waals surface area (Å²) in [6.45, 7) is 3.92. The predicted octanol–water partition coefficient (Wildman–Crippen LogP) is 1.45. The first kappa shape index (κ1) is 14.6. The zero-order chi connectivity index (χ0) is 12.1. The molecule has 0 aliphatic rings. The lowest BCUT2D eigenvalue weighted by atomic mass is 10.2. The molecular weight excluding hydrogens is 217 g/mol. The van der Waals surface area contributed by atoms with Crippen molar-refractivity contribution in [2.75, 3.05) is 6.16 Å².